The lowest BCUT2D eigenvalue weighted by Crippen LogP contribution is -2.69. The van der Waals surface area contributed by atoms with Crippen molar-refractivity contribution in [1.82, 2.24) is 5.32 Å². The zero-order valence-corrected chi connectivity index (χ0v) is 28.2. The summed E-state index contributed by atoms with van der Waals surface area (Å²) < 4.78 is 11.0. The van der Waals surface area contributed by atoms with Crippen molar-refractivity contribution in [2.75, 3.05) is 7.11 Å². The highest BCUT2D eigenvalue weighted by Crippen LogP contribution is 2.74. The van der Waals surface area contributed by atoms with Crippen LogP contribution in [0.4, 0.5) is 4.79 Å². The van der Waals surface area contributed by atoms with Crippen molar-refractivity contribution < 1.29 is 28.7 Å². The van der Waals surface area contributed by atoms with Crippen LogP contribution >= 0.6 is 0 Å². The number of nitriles is 1. The summed E-state index contributed by atoms with van der Waals surface area (Å²) in [6, 6.07) is 2.10. The van der Waals surface area contributed by atoms with Gasteiger partial charge in [-0.15, -0.1) is 0 Å². The zero-order valence-electron chi connectivity index (χ0n) is 28.2. The Morgan fingerprint density at radius 1 is 1.00 bits per heavy atom. The summed E-state index contributed by atoms with van der Waals surface area (Å²) in [6.07, 6.45) is 7.91. The molecule has 0 saturated heterocycles. The molecule has 0 aromatic rings. The average molecular weight is 607 g/mol. The number of nitrogens with one attached hydrogen (secondary N) is 1. The summed E-state index contributed by atoms with van der Waals surface area (Å²) >= 11 is 0. The second kappa shape index (κ2) is 9.77. The number of amides is 1. The first-order chi connectivity index (χ1) is 20.1. The van der Waals surface area contributed by atoms with Crippen molar-refractivity contribution in [3.8, 4) is 6.07 Å². The number of allylic oxidation sites excluding steroid dienone is 3. The molecule has 0 aromatic heterocycles. The van der Waals surface area contributed by atoms with Crippen molar-refractivity contribution in [2.24, 2.45) is 44.8 Å². The van der Waals surface area contributed by atoms with Gasteiger partial charge < -0.3 is 14.8 Å². The normalized spacial score (nSPS) is 42.6. The summed E-state index contributed by atoms with van der Waals surface area (Å²) in [5, 5.41) is 13.0. The molecule has 0 aromatic carbocycles. The maximum Gasteiger partial charge on any atom is 0.408 e. The maximum atomic E-state index is 14.6. The van der Waals surface area contributed by atoms with Gasteiger partial charge in [0, 0.05) is 17.3 Å². The molecule has 0 bridgehead atoms. The second-order valence-electron chi connectivity index (χ2n) is 17.0. The minimum Gasteiger partial charge on any atom is -0.469 e. The number of nitrogens with zero attached hydrogens (tertiary/aromatic N) is 1. The molecule has 1 amide bonds. The van der Waals surface area contributed by atoms with Crippen LogP contribution in [0.5, 0.6) is 0 Å². The van der Waals surface area contributed by atoms with Gasteiger partial charge in [0.05, 0.1) is 18.1 Å². The second-order valence-corrected chi connectivity index (χ2v) is 17.0. The molecule has 5 aliphatic rings. The molecular weight excluding hydrogens is 556 g/mol. The summed E-state index contributed by atoms with van der Waals surface area (Å²) in [6.45, 7) is 17.9. The van der Waals surface area contributed by atoms with E-state index in [0.29, 0.717) is 25.7 Å². The van der Waals surface area contributed by atoms with E-state index >= 15 is 0 Å². The predicted octanol–water partition coefficient (Wildman–Crippen LogP) is 6.64. The van der Waals surface area contributed by atoms with Crippen molar-refractivity contribution in [2.45, 2.75) is 118 Å². The van der Waals surface area contributed by atoms with Gasteiger partial charge in [0.25, 0.3) is 0 Å². The average Bonchev–Trinajstić information content (AvgIpc) is 2.90. The van der Waals surface area contributed by atoms with Gasteiger partial charge in [-0.1, -0.05) is 46.3 Å². The van der Waals surface area contributed by atoms with E-state index in [4.69, 9.17) is 9.47 Å². The highest BCUT2D eigenvalue weighted by atomic mass is 16.6. The molecule has 0 spiro atoms. The number of alkyl carbamates (subject to hydrolysis) is 1. The van der Waals surface area contributed by atoms with Gasteiger partial charge in [-0.2, -0.15) is 5.26 Å². The highest BCUT2D eigenvalue weighted by molar-refractivity contribution is 6.08. The Morgan fingerprint density at radius 2 is 1.64 bits per heavy atom. The number of carbonyl (C=O) groups is 4. The Labute approximate surface area is 262 Å². The van der Waals surface area contributed by atoms with E-state index in [1.165, 1.54) is 7.11 Å². The topological polar surface area (TPSA) is 123 Å². The molecule has 8 heteroatoms. The first-order valence-electron chi connectivity index (χ1n) is 16.2. The Morgan fingerprint density at radius 3 is 2.23 bits per heavy atom. The molecule has 1 N–H and O–H groups in total. The van der Waals surface area contributed by atoms with Crippen LogP contribution in [-0.2, 0) is 23.9 Å². The van der Waals surface area contributed by atoms with E-state index in [2.05, 4.69) is 39.1 Å². The van der Waals surface area contributed by atoms with Gasteiger partial charge in [-0.05, 0) is 101 Å². The fraction of sp³-hybridized carbons (Fsp3) is 0.750. The standard InChI is InChI=1S/C36H50N2O6/c1-30(2,3)44-29(42)38-35(9)24-11-12-33(7)25(32(24,6)18-21(20-37)27(35)40)17-23(39)26-22-19-31(4,5)13-15-36(22,28(41)43-10)16-14-34(26,33)8/h17-18,22,24,26H,11-16,19H2,1-10H3,(H,38,42)/t22-,24?,26-,32-,33+,34+,35-,36-/m0/s1. The summed E-state index contributed by atoms with van der Waals surface area (Å²) in [5.74, 6) is -1.50. The molecule has 8 atom stereocenters. The van der Waals surface area contributed by atoms with E-state index < -0.39 is 50.6 Å². The van der Waals surface area contributed by atoms with Crippen molar-refractivity contribution >= 4 is 23.6 Å². The van der Waals surface area contributed by atoms with E-state index in [1.54, 1.807) is 39.8 Å². The van der Waals surface area contributed by atoms with Gasteiger partial charge in [0.1, 0.15) is 17.2 Å². The van der Waals surface area contributed by atoms with E-state index in [-0.39, 0.29) is 34.6 Å². The minimum absolute atomic E-state index is 0.00142. The number of hydrogen-bond donors (Lipinski definition) is 1. The number of ether oxygens (including phenoxy) is 2. The molecule has 0 radical (unpaired) electrons. The van der Waals surface area contributed by atoms with Crippen molar-refractivity contribution in [3.63, 3.8) is 0 Å². The van der Waals surface area contributed by atoms with Crippen LogP contribution in [0, 0.1) is 56.2 Å². The molecular formula is C36H50N2O6. The molecule has 240 valence electrons. The summed E-state index contributed by atoms with van der Waals surface area (Å²) in [7, 11) is 1.46. The fourth-order valence-corrected chi connectivity index (χ4v) is 10.6. The Hall–Kier alpha value is -2.95. The van der Waals surface area contributed by atoms with Crippen LogP contribution in [0.1, 0.15) is 107 Å². The SMILES string of the molecule is COC(=O)[C@]12CCC(C)(C)C[C@H]1[C@H]1C(=O)C=C3[C@@]4(C)C=C(C#N)C(=O)[C@@](C)(NC(=O)OC(C)(C)C)C4CC[C@@]3(C)[C@]1(C)CC2. The number of hydrogen-bond acceptors (Lipinski definition) is 7. The Kier molecular flexibility index (Phi) is 7.21. The number of carbonyl (C=O) groups excluding carboxylic acids is 4. The number of fused-ring (bicyclic) bond motifs is 7. The first kappa shape index (κ1) is 32.4. The smallest absolute Gasteiger partial charge is 0.408 e. The fourth-order valence-electron chi connectivity index (χ4n) is 10.6. The Balaban J connectivity index is 1.65. The monoisotopic (exact) mass is 606 g/mol. The molecule has 3 fully saturated rings. The maximum absolute atomic E-state index is 14.6. The minimum atomic E-state index is -1.40. The molecule has 5 rings (SSSR count). The first-order valence-corrected chi connectivity index (χ1v) is 16.2. The van der Waals surface area contributed by atoms with Crippen LogP contribution in [-0.4, -0.2) is 41.9 Å². The van der Waals surface area contributed by atoms with Crippen molar-refractivity contribution in [3.05, 3.63) is 23.3 Å². The largest absolute Gasteiger partial charge is 0.469 e. The molecule has 0 aliphatic heterocycles. The van der Waals surface area contributed by atoms with Crippen LogP contribution < -0.4 is 5.32 Å². The van der Waals surface area contributed by atoms with Gasteiger partial charge >= 0.3 is 12.1 Å². The van der Waals surface area contributed by atoms with Gasteiger partial charge in [0.2, 0.25) is 0 Å². The van der Waals surface area contributed by atoms with Gasteiger partial charge in [-0.25, -0.2) is 4.79 Å². The third-order valence-corrected chi connectivity index (χ3v) is 12.9. The van der Waals surface area contributed by atoms with Crippen LogP contribution in [0.15, 0.2) is 23.3 Å². The Bertz CT molecular complexity index is 1430. The number of ketones is 2. The zero-order chi connectivity index (χ0) is 32.9. The number of rotatable bonds is 2. The quantitative estimate of drug-likeness (QED) is 0.350. The van der Waals surface area contributed by atoms with Crippen LogP contribution in [0.25, 0.3) is 0 Å². The molecule has 0 heterocycles. The van der Waals surface area contributed by atoms with Crippen LogP contribution in [0.3, 0.4) is 0 Å². The summed E-state index contributed by atoms with van der Waals surface area (Å²) in [5.41, 5.74) is -3.68. The third kappa shape index (κ3) is 4.35. The lowest BCUT2D eigenvalue weighted by atomic mass is 9.34. The molecule has 8 nitrogen and oxygen atoms in total. The highest BCUT2D eigenvalue weighted by Gasteiger charge is 2.71. The van der Waals surface area contributed by atoms with E-state index in [0.717, 1.165) is 24.8 Å². The third-order valence-electron chi connectivity index (χ3n) is 12.9. The lowest BCUT2D eigenvalue weighted by molar-refractivity contribution is -0.190. The summed E-state index contributed by atoms with van der Waals surface area (Å²) in [4.78, 5) is 55.0. The lowest BCUT2D eigenvalue weighted by Gasteiger charge is -2.68. The molecule has 5 aliphatic carbocycles. The number of esters is 1. The number of Topliss-reactive ketones (excluding diaryl/α,β-unsaturated/α-hetero) is 1. The molecule has 1 unspecified atom stereocenters. The molecule has 44 heavy (non-hydrogen) atoms. The van der Waals surface area contributed by atoms with Gasteiger partial charge in [-0.3, -0.25) is 14.4 Å². The predicted molar refractivity (Wildman–Crippen MR) is 165 cm³/mol. The van der Waals surface area contributed by atoms with E-state index in [9.17, 15) is 24.4 Å². The van der Waals surface area contributed by atoms with Gasteiger partial charge in [0.15, 0.2) is 11.6 Å². The van der Waals surface area contributed by atoms with Crippen molar-refractivity contribution in [1.29, 1.82) is 5.26 Å². The van der Waals surface area contributed by atoms with Crippen LogP contribution in [0.2, 0.25) is 0 Å². The number of methoxy groups -OCH3 is 1. The molecule has 3 saturated carbocycles. The van der Waals surface area contributed by atoms with E-state index in [1.807, 2.05) is 6.92 Å².